The maximum atomic E-state index is 13.1. The molecule has 1 unspecified atom stereocenters. The molecule has 0 N–H and O–H groups in total. The molecule has 0 aliphatic carbocycles. The molecule has 1 aliphatic heterocycles. The SMILES string of the molecule is CCn1nc(C)c(S(=O)(=O)N2CCC(Oc3cncc(N(C)C)n3)C2)c1C. The standard InChI is InChI=1S/C17H26N6O3S/c1-6-23-13(3)17(12(2)20-23)27(24,25)22-8-7-14(11-22)26-16-10-18-9-15(19-16)21(4)5/h9-10,14H,6-8,11H2,1-5H3. The Hall–Kier alpha value is -2.20. The van der Waals surface area contributed by atoms with Gasteiger partial charge in [0.05, 0.1) is 30.3 Å². The van der Waals surface area contributed by atoms with Crippen molar-refractivity contribution in [1.29, 1.82) is 0 Å². The molecule has 27 heavy (non-hydrogen) atoms. The summed E-state index contributed by atoms with van der Waals surface area (Å²) in [6.07, 6.45) is 3.54. The van der Waals surface area contributed by atoms with Gasteiger partial charge in [0.1, 0.15) is 11.0 Å². The van der Waals surface area contributed by atoms with E-state index in [9.17, 15) is 8.42 Å². The zero-order valence-corrected chi connectivity index (χ0v) is 17.2. The van der Waals surface area contributed by atoms with Gasteiger partial charge in [0.15, 0.2) is 5.82 Å². The van der Waals surface area contributed by atoms with Crippen LogP contribution >= 0.6 is 0 Å². The maximum Gasteiger partial charge on any atom is 0.246 e. The zero-order chi connectivity index (χ0) is 19.8. The molecule has 1 saturated heterocycles. The molecule has 1 fully saturated rings. The van der Waals surface area contributed by atoms with E-state index in [1.807, 2.05) is 25.9 Å². The third kappa shape index (κ3) is 3.77. The van der Waals surface area contributed by atoms with Crippen molar-refractivity contribution in [3.8, 4) is 5.88 Å². The molecule has 2 aromatic heterocycles. The van der Waals surface area contributed by atoms with Crippen LogP contribution in [-0.4, -0.2) is 65.8 Å². The molecule has 0 saturated carbocycles. The Bertz CT molecular complexity index is 925. The van der Waals surface area contributed by atoms with Crippen molar-refractivity contribution in [2.45, 2.75) is 44.7 Å². The lowest BCUT2D eigenvalue weighted by atomic mass is 10.3. The van der Waals surface area contributed by atoms with Gasteiger partial charge in [-0.2, -0.15) is 14.4 Å². The van der Waals surface area contributed by atoms with E-state index in [0.717, 1.165) is 0 Å². The molecule has 1 atom stereocenters. The Labute approximate surface area is 160 Å². The van der Waals surface area contributed by atoms with Gasteiger partial charge in [0, 0.05) is 27.2 Å². The highest BCUT2D eigenvalue weighted by Crippen LogP contribution is 2.27. The third-order valence-corrected chi connectivity index (χ3v) is 6.78. The minimum Gasteiger partial charge on any atom is -0.472 e. The number of aromatic nitrogens is 4. The van der Waals surface area contributed by atoms with Crippen LogP contribution in [0.25, 0.3) is 0 Å². The number of nitrogens with zero attached hydrogens (tertiary/aromatic N) is 6. The van der Waals surface area contributed by atoms with Crippen molar-refractivity contribution in [2.75, 3.05) is 32.1 Å². The summed E-state index contributed by atoms with van der Waals surface area (Å²) in [5, 5.41) is 4.34. The van der Waals surface area contributed by atoms with Crippen LogP contribution in [0.3, 0.4) is 0 Å². The summed E-state index contributed by atoms with van der Waals surface area (Å²) in [4.78, 5) is 10.7. The van der Waals surface area contributed by atoms with Gasteiger partial charge < -0.3 is 9.64 Å². The Morgan fingerprint density at radius 1 is 1.30 bits per heavy atom. The summed E-state index contributed by atoms with van der Waals surface area (Å²) in [5.74, 6) is 1.09. The summed E-state index contributed by atoms with van der Waals surface area (Å²) in [5.41, 5.74) is 1.20. The predicted octanol–water partition coefficient (Wildman–Crippen LogP) is 1.22. The van der Waals surface area contributed by atoms with Crippen LogP contribution in [-0.2, 0) is 16.6 Å². The fourth-order valence-corrected chi connectivity index (χ4v) is 5.14. The number of rotatable bonds is 6. The lowest BCUT2D eigenvalue weighted by Crippen LogP contribution is -2.31. The molecule has 0 amide bonds. The highest BCUT2D eigenvalue weighted by molar-refractivity contribution is 7.89. The van der Waals surface area contributed by atoms with Crippen molar-refractivity contribution in [1.82, 2.24) is 24.1 Å². The van der Waals surface area contributed by atoms with Crippen LogP contribution in [0.15, 0.2) is 17.3 Å². The van der Waals surface area contributed by atoms with Gasteiger partial charge in [0.2, 0.25) is 15.9 Å². The van der Waals surface area contributed by atoms with Crippen LogP contribution in [0, 0.1) is 13.8 Å². The predicted molar refractivity (Wildman–Crippen MR) is 102 cm³/mol. The Balaban J connectivity index is 1.76. The zero-order valence-electron chi connectivity index (χ0n) is 16.4. The number of hydrogen-bond donors (Lipinski definition) is 0. The first-order valence-corrected chi connectivity index (χ1v) is 10.4. The number of ether oxygens (including phenoxy) is 1. The smallest absolute Gasteiger partial charge is 0.246 e. The normalized spacial score (nSPS) is 18.0. The molecule has 9 nitrogen and oxygen atoms in total. The third-order valence-electron chi connectivity index (χ3n) is 4.67. The topological polar surface area (TPSA) is 93.5 Å². The molecule has 148 valence electrons. The van der Waals surface area contributed by atoms with Gasteiger partial charge in [-0.15, -0.1) is 0 Å². The Morgan fingerprint density at radius 2 is 2.04 bits per heavy atom. The van der Waals surface area contributed by atoms with Gasteiger partial charge in [-0.3, -0.25) is 9.67 Å². The summed E-state index contributed by atoms with van der Waals surface area (Å²) in [6, 6.07) is 0. The average molecular weight is 395 g/mol. The average Bonchev–Trinajstić information content (AvgIpc) is 3.19. The lowest BCUT2D eigenvalue weighted by Gasteiger charge is -2.18. The second-order valence-electron chi connectivity index (χ2n) is 6.82. The monoisotopic (exact) mass is 394 g/mol. The molecule has 10 heteroatoms. The van der Waals surface area contributed by atoms with Crippen molar-refractivity contribution < 1.29 is 13.2 Å². The van der Waals surface area contributed by atoms with E-state index in [1.54, 1.807) is 30.9 Å². The molecular formula is C17H26N6O3S. The molecule has 1 aliphatic rings. The number of anilines is 1. The van der Waals surface area contributed by atoms with E-state index in [0.29, 0.717) is 47.5 Å². The van der Waals surface area contributed by atoms with E-state index in [-0.39, 0.29) is 12.6 Å². The van der Waals surface area contributed by atoms with Crippen molar-refractivity contribution in [3.05, 3.63) is 23.8 Å². The lowest BCUT2D eigenvalue weighted by molar-refractivity contribution is 0.206. The van der Waals surface area contributed by atoms with Crippen molar-refractivity contribution in [3.63, 3.8) is 0 Å². The molecule has 0 radical (unpaired) electrons. The first kappa shape index (κ1) is 19.6. The number of aryl methyl sites for hydroxylation is 2. The second kappa shape index (κ2) is 7.43. The second-order valence-corrected chi connectivity index (χ2v) is 8.69. The van der Waals surface area contributed by atoms with Gasteiger partial charge in [-0.25, -0.2) is 8.42 Å². The van der Waals surface area contributed by atoms with Gasteiger partial charge in [0.25, 0.3) is 0 Å². The molecule has 0 bridgehead atoms. The number of hydrogen-bond acceptors (Lipinski definition) is 7. The Morgan fingerprint density at radius 3 is 2.67 bits per heavy atom. The quantitative estimate of drug-likeness (QED) is 0.727. The molecule has 3 heterocycles. The minimum absolute atomic E-state index is 0.256. The van der Waals surface area contributed by atoms with Crippen LogP contribution in [0.2, 0.25) is 0 Å². The van der Waals surface area contributed by atoms with Gasteiger partial charge in [-0.05, 0) is 27.2 Å². The highest BCUT2D eigenvalue weighted by atomic mass is 32.2. The van der Waals surface area contributed by atoms with Gasteiger partial charge >= 0.3 is 0 Å². The highest BCUT2D eigenvalue weighted by Gasteiger charge is 2.37. The summed E-state index contributed by atoms with van der Waals surface area (Å²) >= 11 is 0. The first-order chi connectivity index (χ1) is 12.7. The van der Waals surface area contributed by atoms with Crippen molar-refractivity contribution in [2.24, 2.45) is 0 Å². The van der Waals surface area contributed by atoms with E-state index < -0.39 is 10.0 Å². The maximum absolute atomic E-state index is 13.1. The van der Waals surface area contributed by atoms with E-state index in [2.05, 4.69) is 15.1 Å². The first-order valence-electron chi connectivity index (χ1n) is 8.94. The Kier molecular flexibility index (Phi) is 5.38. The molecular weight excluding hydrogens is 368 g/mol. The summed E-state index contributed by atoms with van der Waals surface area (Å²) in [6.45, 7) is 6.80. The molecule has 2 aromatic rings. The van der Waals surface area contributed by atoms with Crippen LogP contribution in [0.5, 0.6) is 5.88 Å². The van der Waals surface area contributed by atoms with E-state index >= 15 is 0 Å². The van der Waals surface area contributed by atoms with E-state index in [1.165, 1.54) is 4.31 Å². The van der Waals surface area contributed by atoms with Crippen LogP contribution in [0.4, 0.5) is 5.82 Å². The van der Waals surface area contributed by atoms with Crippen LogP contribution < -0.4 is 9.64 Å². The number of sulfonamides is 1. The van der Waals surface area contributed by atoms with Crippen molar-refractivity contribution >= 4 is 15.8 Å². The molecule has 3 rings (SSSR count). The largest absolute Gasteiger partial charge is 0.472 e. The van der Waals surface area contributed by atoms with Crippen LogP contribution in [0.1, 0.15) is 24.7 Å². The van der Waals surface area contributed by atoms with Gasteiger partial charge in [-0.1, -0.05) is 0 Å². The fraction of sp³-hybridized carbons (Fsp3) is 0.588. The summed E-state index contributed by atoms with van der Waals surface area (Å²) in [7, 11) is 0.137. The summed E-state index contributed by atoms with van der Waals surface area (Å²) < 4.78 is 35.3. The minimum atomic E-state index is -3.61. The molecule has 0 spiro atoms. The fourth-order valence-electron chi connectivity index (χ4n) is 3.28. The van der Waals surface area contributed by atoms with E-state index in [4.69, 9.17) is 4.74 Å². The molecule has 0 aromatic carbocycles.